The van der Waals surface area contributed by atoms with Crippen molar-refractivity contribution in [2.75, 3.05) is 20.7 Å². The SMILES string of the molecule is CCCCCN(C)C(=O)N[C@@H](CCC(=O)OC)C(=O)O. The van der Waals surface area contributed by atoms with Gasteiger partial charge in [0, 0.05) is 20.0 Å². The number of aliphatic carboxylic acids is 1. The van der Waals surface area contributed by atoms with E-state index in [0.29, 0.717) is 6.54 Å². The second kappa shape index (κ2) is 10.1. The molecule has 0 rings (SSSR count). The minimum atomic E-state index is -1.16. The Kier molecular flexibility index (Phi) is 9.15. The third-order valence-electron chi connectivity index (χ3n) is 2.90. The summed E-state index contributed by atoms with van der Waals surface area (Å²) in [4.78, 5) is 35.3. The molecule has 116 valence electrons. The van der Waals surface area contributed by atoms with Gasteiger partial charge in [0.1, 0.15) is 6.04 Å². The van der Waals surface area contributed by atoms with E-state index in [1.165, 1.54) is 12.0 Å². The van der Waals surface area contributed by atoms with Crippen LogP contribution in [0.25, 0.3) is 0 Å². The summed E-state index contributed by atoms with van der Waals surface area (Å²) in [6, 6.07) is -1.53. The van der Waals surface area contributed by atoms with Crippen LogP contribution in [-0.2, 0) is 14.3 Å². The monoisotopic (exact) mass is 288 g/mol. The zero-order valence-corrected chi connectivity index (χ0v) is 12.3. The van der Waals surface area contributed by atoms with E-state index in [1.54, 1.807) is 7.05 Å². The molecular weight excluding hydrogens is 264 g/mol. The predicted molar refractivity (Wildman–Crippen MR) is 73.4 cm³/mol. The van der Waals surface area contributed by atoms with Gasteiger partial charge in [-0.2, -0.15) is 0 Å². The number of carboxylic acid groups (broad SMARTS) is 1. The van der Waals surface area contributed by atoms with E-state index < -0.39 is 24.0 Å². The van der Waals surface area contributed by atoms with Crippen molar-refractivity contribution in [1.29, 1.82) is 0 Å². The lowest BCUT2D eigenvalue weighted by Gasteiger charge is -2.21. The van der Waals surface area contributed by atoms with Gasteiger partial charge < -0.3 is 20.1 Å². The van der Waals surface area contributed by atoms with Gasteiger partial charge >= 0.3 is 18.0 Å². The normalized spacial score (nSPS) is 11.6. The molecule has 0 aliphatic rings. The van der Waals surface area contributed by atoms with E-state index >= 15 is 0 Å². The summed E-state index contributed by atoms with van der Waals surface area (Å²) < 4.78 is 4.44. The van der Waals surface area contributed by atoms with E-state index in [9.17, 15) is 14.4 Å². The molecule has 0 aromatic rings. The topological polar surface area (TPSA) is 95.9 Å². The molecule has 2 amide bonds. The van der Waals surface area contributed by atoms with E-state index in [0.717, 1.165) is 19.3 Å². The predicted octanol–water partition coefficient (Wildman–Crippen LogP) is 1.22. The highest BCUT2D eigenvalue weighted by molar-refractivity contribution is 5.83. The number of unbranched alkanes of at least 4 members (excludes halogenated alkanes) is 2. The average molecular weight is 288 g/mol. The number of nitrogens with one attached hydrogen (secondary N) is 1. The van der Waals surface area contributed by atoms with E-state index in [4.69, 9.17) is 5.11 Å². The fraction of sp³-hybridized carbons (Fsp3) is 0.769. The van der Waals surface area contributed by atoms with Crippen molar-refractivity contribution >= 4 is 18.0 Å². The molecule has 0 fully saturated rings. The van der Waals surface area contributed by atoms with Gasteiger partial charge in [-0.1, -0.05) is 19.8 Å². The lowest BCUT2D eigenvalue weighted by molar-refractivity contribution is -0.142. The van der Waals surface area contributed by atoms with Gasteiger partial charge in [0.25, 0.3) is 0 Å². The van der Waals surface area contributed by atoms with Crippen LogP contribution in [0.4, 0.5) is 4.79 Å². The molecule has 0 bridgehead atoms. The second-order valence-corrected chi connectivity index (χ2v) is 4.58. The van der Waals surface area contributed by atoms with Gasteiger partial charge in [-0.05, 0) is 12.8 Å². The number of carboxylic acids is 1. The molecule has 2 N–H and O–H groups in total. The number of amides is 2. The standard InChI is InChI=1S/C13H24N2O5/c1-4-5-6-9-15(2)13(19)14-10(12(17)18)7-8-11(16)20-3/h10H,4-9H2,1-3H3,(H,14,19)(H,17,18)/t10-/m0/s1. The summed E-state index contributed by atoms with van der Waals surface area (Å²) in [6.45, 7) is 2.64. The number of methoxy groups -OCH3 is 1. The second-order valence-electron chi connectivity index (χ2n) is 4.58. The lowest BCUT2D eigenvalue weighted by atomic mass is 10.1. The van der Waals surface area contributed by atoms with Gasteiger partial charge in [-0.15, -0.1) is 0 Å². The summed E-state index contributed by atoms with van der Waals surface area (Å²) in [5.74, 6) is -1.66. The first-order valence-corrected chi connectivity index (χ1v) is 6.73. The maximum absolute atomic E-state index is 11.8. The molecule has 20 heavy (non-hydrogen) atoms. The average Bonchev–Trinajstić information content (AvgIpc) is 2.42. The van der Waals surface area contributed by atoms with Crippen LogP contribution in [0.15, 0.2) is 0 Å². The molecule has 0 aromatic carbocycles. The molecule has 0 unspecified atom stereocenters. The Hall–Kier alpha value is -1.79. The number of carbonyl (C=O) groups excluding carboxylic acids is 2. The lowest BCUT2D eigenvalue weighted by Crippen LogP contribution is -2.47. The highest BCUT2D eigenvalue weighted by Crippen LogP contribution is 2.02. The molecule has 0 aliphatic carbocycles. The Bertz CT molecular complexity index is 333. The van der Waals surface area contributed by atoms with Crippen molar-refractivity contribution in [3.05, 3.63) is 0 Å². The minimum absolute atomic E-state index is 0.0105. The summed E-state index contributed by atoms with van der Waals surface area (Å²) in [7, 11) is 2.85. The van der Waals surface area contributed by atoms with Crippen LogP contribution in [0.1, 0.15) is 39.0 Å². The summed E-state index contributed by atoms with van der Waals surface area (Å²) in [5.41, 5.74) is 0. The molecular formula is C13H24N2O5. The molecule has 0 aromatic heterocycles. The van der Waals surface area contributed by atoms with Crippen LogP contribution >= 0.6 is 0 Å². The van der Waals surface area contributed by atoms with Gasteiger partial charge in [0.2, 0.25) is 0 Å². The Morgan fingerprint density at radius 3 is 2.45 bits per heavy atom. The Labute approximate surface area is 119 Å². The van der Waals surface area contributed by atoms with Gasteiger partial charge in [0.15, 0.2) is 0 Å². The molecule has 0 aliphatic heterocycles. The highest BCUT2D eigenvalue weighted by atomic mass is 16.5. The summed E-state index contributed by atoms with van der Waals surface area (Å²) in [6.07, 6.45) is 2.90. The molecule has 0 saturated carbocycles. The zero-order chi connectivity index (χ0) is 15.5. The van der Waals surface area contributed by atoms with Crippen molar-refractivity contribution in [3.8, 4) is 0 Å². The first kappa shape index (κ1) is 18.2. The van der Waals surface area contributed by atoms with Gasteiger partial charge in [0.05, 0.1) is 7.11 Å². The number of nitrogens with zero attached hydrogens (tertiary/aromatic N) is 1. The van der Waals surface area contributed by atoms with Gasteiger partial charge in [-0.3, -0.25) is 4.79 Å². The number of carbonyl (C=O) groups is 3. The van der Waals surface area contributed by atoms with Crippen molar-refractivity contribution in [2.24, 2.45) is 0 Å². The largest absolute Gasteiger partial charge is 0.480 e. The maximum Gasteiger partial charge on any atom is 0.326 e. The number of esters is 1. The van der Waals surface area contributed by atoms with Crippen LogP contribution in [0.3, 0.4) is 0 Å². The first-order valence-electron chi connectivity index (χ1n) is 6.73. The summed E-state index contributed by atoms with van der Waals surface area (Å²) >= 11 is 0. The number of hydrogen-bond acceptors (Lipinski definition) is 4. The van der Waals surface area contributed by atoms with Crippen LogP contribution in [-0.4, -0.2) is 54.7 Å². The number of hydrogen-bond donors (Lipinski definition) is 2. The highest BCUT2D eigenvalue weighted by Gasteiger charge is 2.22. The molecule has 0 spiro atoms. The van der Waals surface area contributed by atoms with Crippen LogP contribution in [0.2, 0.25) is 0 Å². The van der Waals surface area contributed by atoms with Crippen molar-refractivity contribution in [3.63, 3.8) is 0 Å². The minimum Gasteiger partial charge on any atom is -0.480 e. The molecule has 0 radical (unpaired) electrons. The fourth-order valence-electron chi connectivity index (χ4n) is 1.58. The van der Waals surface area contributed by atoms with E-state index in [-0.39, 0.29) is 12.8 Å². The Morgan fingerprint density at radius 2 is 1.95 bits per heavy atom. The number of rotatable bonds is 9. The first-order chi connectivity index (χ1) is 9.42. The van der Waals surface area contributed by atoms with Crippen LogP contribution < -0.4 is 5.32 Å². The molecule has 7 heteroatoms. The van der Waals surface area contributed by atoms with Crippen LogP contribution in [0.5, 0.6) is 0 Å². The van der Waals surface area contributed by atoms with Gasteiger partial charge in [-0.25, -0.2) is 9.59 Å². The quantitative estimate of drug-likeness (QED) is 0.491. The van der Waals surface area contributed by atoms with Crippen molar-refractivity contribution in [1.82, 2.24) is 10.2 Å². The maximum atomic E-state index is 11.8. The molecule has 7 nitrogen and oxygen atoms in total. The van der Waals surface area contributed by atoms with Crippen molar-refractivity contribution < 1.29 is 24.2 Å². The number of ether oxygens (including phenoxy) is 1. The molecule has 0 saturated heterocycles. The molecule has 0 heterocycles. The third kappa shape index (κ3) is 7.60. The van der Waals surface area contributed by atoms with E-state index in [1.807, 2.05) is 0 Å². The van der Waals surface area contributed by atoms with E-state index in [2.05, 4.69) is 17.0 Å². The number of urea groups is 1. The Balaban J connectivity index is 4.25. The third-order valence-corrected chi connectivity index (χ3v) is 2.90. The smallest absolute Gasteiger partial charge is 0.326 e. The zero-order valence-electron chi connectivity index (χ0n) is 12.3. The van der Waals surface area contributed by atoms with Crippen LogP contribution in [0, 0.1) is 0 Å². The fourth-order valence-corrected chi connectivity index (χ4v) is 1.58. The Morgan fingerprint density at radius 1 is 1.30 bits per heavy atom. The summed E-state index contributed by atoms with van der Waals surface area (Å²) in [5, 5.41) is 11.4. The van der Waals surface area contributed by atoms with Crippen molar-refractivity contribution in [2.45, 2.75) is 45.1 Å². The molecule has 1 atom stereocenters.